The molecule has 0 atom stereocenters. The summed E-state index contributed by atoms with van der Waals surface area (Å²) in [7, 11) is 0. The highest BCUT2D eigenvalue weighted by molar-refractivity contribution is 6.32. The van der Waals surface area contributed by atoms with Crippen molar-refractivity contribution >= 4 is 33.4 Å². The number of allylic oxidation sites excluding steroid dienone is 8. The van der Waals surface area contributed by atoms with Gasteiger partial charge in [0, 0.05) is 56.9 Å². The van der Waals surface area contributed by atoms with Crippen molar-refractivity contribution in [3.8, 4) is 60.7 Å². The Morgan fingerprint density at radius 1 is 0.479 bits per heavy atom. The minimum absolute atomic E-state index is 0.438. The lowest BCUT2D eigenvalue weighted by atomic mass is 9.82. The third-order valence-electron chi connectivity index (χ3n) is 7.12. The van der Waals surface area contributed by atoms with Gasteiger partial charge in [-0.05, 0) is 0 Å². The van der Waals surface area contributed by atoms with Crippen molar-refractivity contribution in [2.75, 3.05) is 0 Å². The third-order valence-corrected chi connectivity index (χ3v) is 7.12. The molecule has 0 saturated carbocycles. The summed E-state index contributed by atoms with van der Waals surface area (Å²) < 4.78 is 30.8. The number of rotatable bonds is 2. The Morgan fingerprint density at radius 3 is 1.10 bits per heavy atom. The lowest BCUT2D eigenvalue weighted by Crippen LogP contribution is -2.05. The van der Waals surface area contributed by atoms with E-state index >= 15 is 8.78 Å². The molecule has 0 fully saturated rings. The molecule has 16 heteroatoms. The van der Waals surface area contributed by atoms with Crippen LogP contribution in [0.15, 0.2) is 23.5 Å². The van der Waals surface area contributed by atoms with Crippen LogP contribution in [-0.2, 0) is 0 Å². The van der Waals surface area contributed by atoms with Crippen LogP contribution >= 0.6 is 0 Å². The summed E-state index contributed by atoms with van der Waals surface area (Å²) in [5.74, 6) is -3.97. The van der Waals surface area contributed by atoms with Crippen molar-refractivity contribution < 1.29 is 8.78 Å². The molecule has 0 N–H and O–H groups in total. The number of aromatic nitrogens is 4. The molecule has 214 valence electrons. The molecule has 0 amide bonds. The van der Waals surface area contributed by atoms with Gasteiger partial charge in [0.15, 0.2) is 0 Å². The molecule has 2 aliphatic carbocycles. The highest BCUT2D eigenvalue weighted by Gasteiger charge is 2.44. The molecular formula is C32H2F2N14. The summed E-state index contributed by atoms with van der Waals surface area (Å²) in [6.07, 6.45) is 1.58. The predicted octanol–water partition coefficient (Wildman–Crippen LogP) is 3.53. The largest absolute Gasteiger partial charge is 0.234 e. The van der Waals surface area contributed by atoms with Crippen LogP contribution < -0.4 is 0 Å². The van der Waals surface area contributed by atoms with Crippen molar-refractivity contribution in [1.29, 1.82) is 52.6 Å². The average Bonchev–Trinajstić information content (AvgIpc) is 3.61. The van der Waals surface area contributed by atoms with Crippen LogP contribution in [0.3, 0.4) is 0 Å². The Morgan fingerprint density at radius 2 is 0.833 bits per heavy atom. The summed E-state index contributed by atoms with van der Waals surface area (Å²) in [6, 6.07) is 16.7. The zero-order chi connectivity index (χ0) is 34.9. The lowest BCUT2D eigenvalue weighted by molar-refractivity contribution is 0.573. The van der Waals surface area contributed by atoms with Gasteiger partial charge in [0.25, 0.3) is 0 Å². The maximum absolute atomic E-state index is 15.4. The van der Waals surface area contributed by atoms with E-state index in [1.54, 1.807) is 36.4 Å². The molecule has 0 spiro atoms. The molecule has 48 heavy (non-hydrogen) atoms. The van der Waals surface area contributed by atoms with Gasteiger partial charge in [0.1, 0.15) is 71.8 Å². The maximum Gasteiger partial charge on any atom is 0.234 e. The van der Waals surface area contributed by atoms with Crippen LogP contribution in [0.4, 0.5) is 8.78 Å². The van der Waals surface area contributed by atoms with Gasteiger partial charge in [-0.3, -0.25) is 0 Å². The maximum atomic E-state index is 15.4. The molecule has 1 aromatic carbocycles. The van der Waals surface area contributed by atoms with Crippen LogP contribution in [0, 0.1) is 125 Å². The van der Waals surface area contributed by atoms with Crippen molar-refractivity contribution in [2.24, 2.45) is 0 Å². The van der Waals surface area contributed by atoms with Crippen LogP contribution in [0.2, 0.25) is 0 Å². The summed E-state index contributed by atoms with van der Waals surface area (Å²) in [5, 5.41) is 100.0. The monoisotopic (exact) mass is 620 g/mol. The molecule has 0 radical (unpaired) electrons. The lowest BCUT2D eigenvalue weighted by Gasteiger charge is -2.16. The molecule has 3 aromatic rings. The number of halogens is 2. The van der Waals surface area contributed by atoms with Gasteiger partial charge in [-0.15, -0.1) is 0 Å². The number of hydrogen-bond donors (Lipinski definition) is 0. The highest BCUT2D eigenvalue weighted by Crippen LogP contribution is 2.58. The fraction of sp³-hybridized carbons (Fsp3) is 0. The van der Waals surface area contributed by atoms with E-state index in [1.807, 2.05) is 12.1 Å². The van der Waals surface area contributed by atoms with Crippen molar-refractivity contribution in [1.82, 2.24) is 19.9 Å². The zero-order valence-electron chi connectivity index (χ0n) is 23.2. The first-order valence-electron chi connectivity index (χ1n) is 12.5. The Hall–Kier alpha value is -8.90. The Balaban J connectivity index is 2.12. The van der Waals surface area contributed by atoms with Gasteiger partial charge in [-0.2, -0.15) is 71.4 Å². The second kappa shape index (κ2) is 11.6. The summed E-state index contributed by atoms with van der Waals surface area (Å²) in [6.45, 7) is 0. The van der Waals surface area contributed by atoms with Crippen LogP contribution in [0.1, 0.15) is 56.2 Å². The number of nitrogens with zero attached hydrogens (tertiary/aromatic N) is 14. The Labute approximate surface area is 266 Å². The highest BCUT2D eigenvalue weighted by atomic mass is 19.1. The van der Waals surface area contributed by atoms with Crippen LogP contribution in [0.5, 0.6) is 0 Å². The Bertz CT molecular complexity index is 2490. The molecule has 0 aliphatic heterocycles. The molecule has 2 aliphatic rings. The molecule has 2 aromatic heterocycles. The standard InChI is InChI=1S/C32H2F2N14/c33-31-19(11-45-21(9-43)47-31)27-16(6-40)25-15(5-39)26-17(7-41)28(20-12-46-22(10-44)48-32(20)34)24(14(3-37)4-38)30(26)18(8-42)29(25)23(27)13(1-35)2-36/h11-12H. The number of hydrogen-bond acceptors (Lipinski definition) is 14. The second-order valence-corrected chi connectivity index (χ2v) is 9.16. The first kappa shape index (κ1) is 30.6. The van der Waals surface area contributed by atoms with E-state index in [9.17, 15) is 42.1 Å². The molecule has 2 heterocycles. The van der Waals surface area contributed by atoms with Gasteiger partial charge in [0.05, 0.1) is 33.4 Å². The molecule has 0 unspecified atom stereocenters. The number of fused-ring (bicyclic) bond motifs is 2. The van der Waals surface area contributed by atoms with E-state index in [2.05, 4.69) is 19.9 Å². The van der Waals surface area contributed by atoms with Gasteiger partial charge in [0.2, 0.25) is 23.5 Å². The summed E-state index contributed by atoms with van der Waals surface area (Å²) >= 11 is 0. The Kier molecular flexibility index (Phi) is 7.41. The van der Waals surface area contributed by atoms with E-state index < -0.39 is 113 Å². The molecule has 0 bridgehead atoms. The second-order valence-electron chi connectivity index (χ2n) is 9.16. The fourth-order valence-electron chi connectivity index (χ4n) is 5.42. The van der Waals surface area contributed by atoms with Gasteiger partial charge in [-0.25, -0.2) is 9.97 Å². The fourth-order valence-corrected chi connectivity index (χ4v) is 5.42. The van der Waals surface area contributed by atoms with Crippen LogP contribution in [0.25, 0.3) is 33.4 Å². The molecule has 5 rings (SSSR count). The summed E-state index contributed by atoms with van der Waals surface area (Å²) in [5.41, 5.74) is -8.97. The molecule has 14 nitrogen and oxygen atoms in total. The smallest absolute Gasteiger partial charge is 0.227 e. The zero-order valence-corrected chi connectivity index (χ0v) is 23.2. The van der Waals surface area contributed by atoms with Gasteiger partial charge >= 0.3 is 0 Å². The van der Waals surface area contributed by atoms with E-state index in [1.165, 1.54) is 12.1 Å². The molecule has 0 saturated heterocycles. The summed E-state index contributed by atoms with van der Waals surface area (Å²) in [4.78, 5) is 14.2. The average molecular weight is 620 g/mol. The van der Waals surface area contributed by atoms with E-state index in [0.29, 0.717) is 0 Å². The topological polar surface area (TPSA) is 289 Å². The van der Waals surface area contributed by atoms with Gasteiger partial charge < -0.3 is 0 Å². The van der Waals surface area contributed by atoms with E-state index in [4.69, 9.17) is 10.5 Å². The molecular weight excluding hydrogens is 618 g/mol. The third kappa shape index (κ3) is 4.06. The van der Waals surface area contributed by atoms with E-state index in [-0.39, 0.29) is 0 Å². The van der Waals surface area contributed by atoms with Gasteiger partial charge in [-0.1, -0.05) is 0 Å². The first-order valence-corrected chi connectivity index (χ1v) is 12.5. The quantitative estimate of drug-likeness (QED) is 0.292. The minimum Gasteiger partial charge on any atom is -0.227 e. The minimum atomic E-state index is -1.37. The van der Waals surface area contributed by atoms with Crippen LogP contribution in [-0.4, -0.2) is 19.9 Å². The first-order chi connectivity index (χ1) is 23.2. The van der Waals surface area contributed by atoms with Crippen molar-refractivity contribution in [2.45, 2.75) is 0 Å². The van der Waals surface area contributed by atoms with E-state index in [0.717, 1.165) is 12.4 Å². The van der Waals surface area contributed by atoms with Crippen molar-refractivity contribution in [3.63, 3.8) is 0 Å². The normalized spacial score (nSPS) is 11.9. The SMILES string of the molecule is N#CC(C#N)=C1C(c2cnc(C#N)nc2F)=C(C#N)c2c(C#N)c3c(c(C#N)c21)C(=C(C#N)C#N)C(c1cnc(C#N)nc1F)=C3C#N. The predicted molar refractivity (Wildman–Crippen MR) is 150 cm³/mol. The number of nitriles is 10. The van der Waals surface area contributed by atoms with Crippen molar-refractivity contribution in [3.05, 3.63) is 91.6 Å². The number of benzene rings is 1.